The Morgan fingerprint density at radius 3 is 2.58 bits per heavy atom. The summed E-state index contributed by atoms with van der Waals surface area (Å²) in [5, 5.41) is -0.302. The van der Waals surface area contributed by atoms with Crippen LogP contribution >= 0.6 is 12.6 Å². The molecule has 2 nitrogen and oxygen atoms in total. The lowest BCUT2D eigenvalue weighted by atomic mass is 10.0. The van der Waals surface area contributed by atoms with E-state index in [1.807, 2.05) is 31.2 Å². The number of hydrogen-bond donors (Lipinski definition) is 2. The Balaban J connectivity index is 3.02. The molecular formula is C9H11NOS. The van der Waals surface area contributed by atoms with Crippen molar-refractivity contribution in [3.8, 4) is 0 Å². The van der Waals surface area contributed by atoms with E-state index in [4.69, 9.17) is 5.73 Å². The van der Waals surface area contributed by atoms with Crippen LogP contribution in [0.4, 0.5) is 0 Å². The van der Waals surface area contributed by atoms with Crippen molar-refractivity contribution in [2.75, 3.05) is 0 Å². The van der Waals surface area contributed by atoms with Gasteiger partial charge in [0.1, 0.15) is 0 Å². The Morgan fingerprint density at radius 2 is 2.08 bits per heavy atom. The first kappa shape index (κ1) is 9.29. The van der Waals surface area contributed by atoms with Crippen molar-refractivity contribution in [3.63, 3.8) is 0 Å². The van der Waals surface area contributed by atoms with Gasteiger partial charge in [0.2, 0.25) is 5.12 Å². The average molecular weight is 181 g/mol. The van der Waals surface area contributed by atoms with Crippen LogP contribution in [-0.4, -0.2) is 5.12 Å². The summed E-state index contributed by atoms with van der Waals surface area (Å²) in [6.45, 7) is 1.92. The van der Waals surface area contributed by atoms with Crippen molar-refractivity contribution in [1.29, 1.82) is 0 Å². The Kier molecular flexibility index (Phi) is 2.89. The zero-order valence-corrected chi connectivity index (χ0v) is 7.71. The predicted octanol–water partition coefficient (Wildman–Crippen LogP) is 1.45. The van der Waals surface area contributed by atoms with Gasteiger partial charge in [0.25, 0.3) is 0 Å². The summed E-state index contributed by atoms with van der Waals surface area (Å²) in [7, 11) is 0. The van der Waals surface area contributed by atoms with Crippen molar-refractivity contribution in [2.45, 2.75) is 13.0 Å². The first-order chi connectivity index (χ1) is 5.63. The zero-order valence-electron chi connectivity index (χ0n) is 6.82. The normalized spacial score (nSPS) is 12.6. The maximum atomic E-state index is 10.8. The van der Waals surface area contributed by atoms with E-state index in [0.717, 1.165) is 11.1 Å². The molecule has 0 fully saturated rings. The summed E-state index contributed by atoms with van der Waals surface area (Å²) >= 11 is 3.69. The van der Waals surface area contributed by atoms with Crippen molar-refractivity contribution < 1.29 is 4.79 Å². The highest BCUT2D eigenvalue weighted by Crippen LogP contribution is 2.16. The second-order valence-corrected chi connectivity index (χ2v) is 3.11. The van der Waals surface area contributed by atoms with Crippen molar-refractivity contribution in [3.05, 3.63) is 35.4 Å². The van der Waals surface area contributed by atoms with Crippen LogP contribution in [0.2, 0.25) is 0 Å². The Hall–Kier alpha value is -0.800. The smallest absolute Gasteiger partial charge is 0.207 e. The van der Waals surface area contributed by atoms with E-state index in [1.54, 1.807) is 0 Å². The summed E-state index contributed by atoms with van der Waals surface area (Å²) in [5.41, 5.74) is 7.48. The number of rotatable bonds is 2. The van der Waals surface area contributed by atoms with E-state index in [1.165, 1.54) is 0 Å². The highest BCUT2D eigenvalue weighted by Gasteiger charge is 2.12. The van der Waals surface area contributed by atoms with E-state index in [-0.39, 0.29) is 5.12 Å². The summed E-state index contributed by atoms with van der Waals surface area (Å²) in [4.78, 5) is 10.8. The molecule has 1 rings (SSSR count). The minimum Gasteiger partial charge on any atom is -0.317 e. The molecular weight excluding hydrogens is 170 g/mol. The molecule has 0 aliphatic heterocycles. The van der Waals surface area contributed by atoms with Crippen LogP contribution < -0.4 is 5.73 Å². The van der Waals surface area contributed by atoms with Gasteiger partial charge in [-0.3, -0.25) is 4.79 Å². The monoisotopic (exact) mass is 181 g/mol. The largest absolute Gasteiger partial charge is 0.317 e. The fourth-order valence-electron chi connectivity index (χ4n) is 1.07. The molecule has 0 aliphatic carbocycles. The number of carbonyl (C=O) groups excluding carboxylic acids is 1. The van der Waals surface area contributed by atoms with Gasteiger partial charge in [-0.1, -0.05) is 24.3 Å². The van der Waals surface area contributed by atoms with Crippen LogP contribution in [0.1, 0.15) is 17.2 Å². The molecule has 0 aromatic heterocycles. The van der Waals surface area contributed by atoms with Crippen molar-refractivity contribution >= 4 is 17.7 Å². The number of hydrogen-bond acceptors (Lipinski definition) is 2. The summed E-state index contributed by atoms with van der Waals surface area (Å²) in [5.74, 6) is 0. The number of thiol groups is 1. The molecule has 0 radical (unpaired) electrons. The van der Waals surface area contributed by atoms with Gasteiger partial charge in [-0.2, -0.15) is 0 Å². The van der Waals surface area contributed by atoms with Gasteiger partial charge in [-0.15, -0.1) is 12.6 Å². The summed E-state index contributed by atoms with van der Waals surface area (Å²) in [6.07, 6.45) is 0. The fraction of sp³-hybridized carbons (Fsp3) is 0.222. The maximum absolute atomic E-state index is 10.8. The van der Waals surface area contributed by atoms with Gasteiger partial charge in [0.15, 0.2) is 0 Å². The Morgan fingerprint density at radius 1 is 1.50 bits per heavy atom. The Labute approximate surface area is 77.2 Å². The molecule has 12 heavy (non-hydrogen) atoms. The number of nitrogens with two attached hydrogens (primary N) is 1. The molecule has 1 atom stereocenters. The predicted molar refractivity (Wildman–Crippen MR) is 52.1 cm³/mol. The zero-order chi connectivity index (χ0) is 9.14. The summed E-state index contributed by atoms with van der Waals surface area (Å²) in [6, 6.07) is 6.93. The fourth-order valence-corrected chi connectivity index (χ4v) is 1.21. The maximum Gasteiger partial charge on any atom is 0.207 e. The van der Waals surface area contributed by atoms with Crippen LogP contribution in [-0.2, 0) is 4.79 Å². The molecule has 0 spiro atoms. The van der Waals surface area contributed by atoms with E-state index >= 15 is 0 Å². The summed E-state index contributed by atoms with van der Waals surface area (Å²) < 4.78 is 0. The lowest BCUT2D eigenvalue weighted by molar-refractivity contribution is -0.112. The van der Waals surface area contributed by atoms with Gasteiger partial charge in [0, 0.05) is 0 Å². The van der Waals surface area contributed by atoms with Crippen LogP contribution in [0.3, 0.4) is 0 Å². The minimum atomic E-state index is -0.602. The molecule has 0 amide bonds. The van der Waals surface area contributed by atoms with Crippen LogP contribution in [0.25, 0.3) is 0 Å². The van der Waals surface area contributed by atoms with Gasteiger partial charge in [-0.25, -0.2) is 0 Å². The van der Waals surface area contributed by atoms with Crippen LogP contribution in [0.5, 0.6) is 0 Å². The molecule has 0 heterocycles. The third-order valence-corrected chi connectivity index (χ3v) is 2.07. The molecule has 0 saturated heterocycles. The third kappa shape index (κ3) is 1.87. The third-order valence-electron chi connectivity index (χ3n) is 1.79. The molecule has 64 valence electrons. The van der Waals surface area contributed by atoms with Crippen LogP contribution in [0, 0.1) is 6.92 Å². The van der Waals surface area contributed by atoms with Gasteiger partial charge in [-0.05, 0) is 18.1 Å². The van der Waals surface area contributed by atoms with E-state index in [2.05, 4.69) is 12.6 Å². The van der Waals surface area contributed by atoms with Gasteiger partial charge in [0.05, 0.1) is 6.04 Å². The topological polar surface area (TPSA) is 43.1 Å². The van der Waals surface area contributed by atoms with E-state index in [9.17, 15) is 4.79 Å². The number of benzene rings is 1. The second-order valence-electron chi connectivity index (χ2n) is 2.67. The first-order valence-corrected chi connectivity index (χ1v) is 4.11. The van der Waals surface area contributed by atoms with Crippen molar-refractivity contribution in [1.82, 2.24) is 0 Å². The van der Waals surface area contributed by atoms with Crippen LogP contribution in [0.15, 0.2) is 24.3 Å². The van der Waals surface area contributed by atoms with Gasteiger partial charge >= 0.3 is 0 Å². The molecule has 1 aromatic rings. The quantitative estimate of drug-likeness (QED) is 0.678. The minimum absolute atomic E-state index is 0.302. The highest BCUT2D eigenvalue weighted by atomic mass is 32.1. The molecule has 1 unspecified atom stereocenters. The molecule has 1 aromatic carbocycles. The standard InChI is InChI=1S/C9H11NOS/c1-6-4-2-3-5-7(6)8(10)9(11)12/h2-5,8H,10H2,1H3,(H,11,12). The van der Waals surface area contributed by atoms with Gasteiger partial charge < -0.3 is 5.73 Å². The van der Waals surface area contributed by atoms with Crippen molar-refractivity contribution in [2.24, 2.45) is 5.73 Å². The Bertz CT molecular complexity index is 298. The average Bonchev–Trinajstić information content (AvgIpc) is 2.04. The van der Waals surface area contributed by atoms with E-state index in [0.29, 0.717) is 0 Å². The number of aryl methyl sites for hydroxylation is 1. The first-order valence-electron chi connectivity index (χ1n) is 3.67. The molecule has 0 saturated carbocycles. The molecule has 0 bridgehead atoms. The second kappa shape index (κ2) is 3.74. The molecule has 3 heteroatoms. The highest BCUT2D eigenvalue weighted by molar-refractivity contribution is 7.96. The molecule has 0 aliphatic rings. The van der Waals surface area contributed by atoms with E-state index < -0.39 is 6.04 Å². The lowest BCUT2D eigenvalue weighted by Gasteiger charge is -2.09. The SMILES string of the molecule is Cc1ccccc1C(N)C(=O)S. The molecule has 2 N–H and O–H groups in total. The lowest BCUT2D eigenvalue weighted by Crippen LogP contribution is -2.17. The number of carbonyl (C=O) groups is 1.